The van der Waals surface area contributed by atoms with Crippen LogP contribution in [-0.2, 0) is 4.42 Å². The summed E-state index contributed by atoms with van der Waals surface area (Å²) < 4.78 is 5.09. The van der Waals surface area contributed by atoms with Crippen LogP contribution < -0.4 is 0 Å². The molecule has 1 atom stereocenters. The molecule has 2 aliphatic rings. The van der Waals surface area contributed by atoms with Gasteiger partial charge in [0.15, 0.2) is 0 Å². The summed E-state index contributed by atoms with van der Waals surface area (Å²) >= 11 is 0. The van der Waals surface area contributed by atoms with Crippen LogP contribution in [0.3, 0.4) is 0 Å². The van der Waals surface area contributed by atoms with E-state index in [1.807, 2.05) is 0 Å². The Hall–Kier alpha value is -0.850. The molecule has 11 heavy (non-hydrogen) atoms. The van der Waals surface area contributed by atoms with Gasteiger partial charge in [0.1, 0.15) is 0 Å². The van der Waals surface area contributed by atoms with Crippen LogP contribution in [-0.4, -0.2) is 12.9 Å². The zero-order chi connectivity index (χ0) is 7.90. The second kappa shape index (κ2) is 2.07. The van der Waals surface area contributed by atoms with E-state index in [1.165, 1.54) is 6.42 Å². The maximum absolute atomic E-state index is 5.09. The van der Waals surface area contributed by atoms with Crippen molar-refractivity contribution in [3.8, 4) is 0 Å². The third-order valence-electron chi connectivity index (χ3n) is 2.77. The van der Waals surface area contributed by atoms with E-state index in [4.69, 9.17) is 4.42 Å². The standard InChI is InChI=1S/C10H13O/c1-8-7-10(8)5-3-9(11-2)4-6-10/h3-6,8H,7H2,1-2H3/q+1. The summed E-state index contributed by atoms with van der Waals surface area (Å²) in [6.07, 6.45) is 9.97. The summed E-state index contributed by atoms with van der Waals surface area (Å²) in [6.45, 7) is 2.28. The SMILES string of the molecule is C[O+]=C1C=CC2(C=C1)CC2C. The van der Waals surface area contributed by atoms with Crippen LogP contribution >= 0.6 is 0 Å². The molecule has 0 N–H and O–H groups in total. The number of ketones is 1. The Labute approximate surface area is 67.1 Å². The van der Waals surface area contributed by atoms with Gasteiger partial charge in [0.2, 0.25) is 0 Å². The highest BCUT2D eigenvalue weighted by atomic mass is 16.4. The van der Waals surface area contributed by atoms with Crippen LogP contribution in [0.2, 0.25) is 0 Å². The van der Waals surface area contributed by atoms with E-state index in [-0.39, 0.29) is 0 Å². The number of hydrogen-bond acceptors (Lipinski definition) is 0. The van der Waals surface area contributed by atoms with E-state index in [2.05, 4.69) is 31.2 Å². The summed E-state index contributed by atoms with van der Waals surface area (Å²) in [6, 6.07) is 0. The fraction of sp³-hybridized carbons (Fsp3) is 0.500. The zero-order valence-electron chi connectivity index (χ0n) is 7.00. The van der Waals surface area contributed by atoms with E-state index < -0.39 is 0 Å². The lowest BCUT2D eigenvalue weighted by Gasteiger charge is -2.05. The Balaban J connectivity index is 2.20. The number of carbonyl (C=O) groups excluding carboxylic acids is 1. The average molecular weight is 149 g/mol. The lowest BCUT2D eigenvalue weighted by atomic mass is 9.98. The maximum atomic E-state index is 5.09. The molecular weight excluding hydrogens is 136 g/mol. The minimum absolute atomic E-state index is 0.405. The molecular formula is C10H13O+. The van der Waals surface area contributed by atoms with Crippen LogP contribution in [0, 0.1) is 11.3 Å². The molecule has 0 aromatic rings. The van der Waals surface area contributed by atoms with Crippen molar-refractivity contribution in [3.05, 3.63) is 24.3 Å². The molecule has 1 heteroatoms. The van der Waals surface area contributed by atoms with E-state index in [0.29, 0.717) is 5.41 Å². The zero-order valence-corrected chi connectivity index (χ0v) is 7.00. The molecule has 2 rings (SSSR count). The van der Waals surface area contributed by atoms with E-state index >= 15 is 0 Å². The van der Waals surface area contributed by atoms with Crippen molar-refractivity contribution in [2.45, 2.75) is 13.3 Å². The summed E-state index contributed by atoms with van der Waals surface area (Å²) in [5.74, 6) is 1.79. The van der Waals surface area contributed by atoms with Crippen molar-refractivity contribution in [2.24, 2.45) is 11.3 Å². The minimum atomic E-state index is 0.405. The van der Waals surface area contributed by atoms with E-state index in [1.54, 1.807) is 7.11 Å². The highest BCUT2D eigenvalue weighted by Gasteiger charge is 2.48. The van der Waals surface area contributed by atoms with Crippen LogP contribution in [0.25, 0.3) is 0 Å². The second-order valence-corrected chi connectivity index (χ2v) is 3.49. The van der Waals surface area contributed by atoms with Crippen molar-refractivity contribution in [1.82, 2.24) is 0 Å². The van der Waals surface area contributed by atoms with Gasteiger partial charge in [-0.2, -0.15) is 0 Å². The molecule has 1 spiro atoms. The summed E-state index contributed by atoms with van der Waals surface area (Å²) in [5.41, 5.74) is 0.405. The van der Waals surface area contributed by atoms with Crippen LogP contribution in [0.15, 0.2) is 24.3 Å². The molecule has 1 saturated carbocycles. The number of rotatable bonds is 0. The quantitative estimate of drug-likeness (QED) is 0.466. The van der Waals surface area contributed by atoms with Gasteiger partial charge >= 0.3 is 5.78 Å². The monoisotopic (exact) mass is 149 g/mol. The summed E-state index contributed by atoms with van der Waals surface area (Å²) in [7, 11) is 1.71. The van der Waals surface area contributed by atoms with Crippen LogP contribution in [0.1, 0.15) is 13.3 Å². The summed E-state index contributed by atoms with van der Waals surface area (Å²) in [4.78, 5) is 0. The largest absolute Gasteiger partial charge is 0.342 e. The predicted molar refractivity (Wildman–Crippen MR) is 45.4 cm³/mol. The molecule has 0 aliphatic heterocycles. The topological polar surface area (TPSA) is 11.3 Å². The first-order chi connectivity index (χ1) is 5.27. The first-order valence-corrected chi connectivity index (χ1v) is 4.06. The molecule has 1 fully saturated rings. The normalized spacial score (nSPS) is 39.8. The fourth-order valence-electron chi connectivity index (χ4n) is 1.66. The lowest BCUT2D eigenvalue weighted by Crippen LogP contribution is -2.03. The van der Waals surface area contributed by atoms with Crippen molar-refractivity contribution >= 4 is 5.78 Å². The van der Waals surface area contributed by atoms with E-state index in [0.717, 1.165) is 11.7 Å². The maximum Gasteiger partial charge on any atom is 0.342 e. The van der Waals surface area contributed by atoms with Gasteiger partial charge in [0.05, 0.1) is 0 Å². The molecule has 1 nitrogen and oxygen atoms in total. The Morgan fingerprint density at radius 2 is 2.00 bits per heavy atom. The smallest absolute Gasteiger partial charge is 0.258 e. The molecule has 0 bridgehead atoms. The fourth-order valence-corrected chi connectivity index (χ4v) is 1.66. The van der Waals surface area contributed by atoms with Gasteiger partial charge in [0, 0.05) is 17.6 Å². The molecule has 0 heterocycles. The highest BCUT2D eigenvalue weighted by molar-refractivity contribution is 6.00. The molecule has 58 valence electrons. The first kappa shape index (κ1) is 6.84. The average Bonchev–Trinajstić information content (AvgIpc) is 2.64. The number of allylic oxidation sites excluding steroid dienone is 4. The molecule has 2 aliphatic carbocycles. The van der Waals surface area contributed by atoms with Crippen molar-refractivity contribution < 1.29 is 4.42 Å². The Bertz CT molecular complexity index is 242. The molecule has 0 aromatic carbocycles. The Morgan fingerprint density at radius 3 is 2.36 bits per heavy atom. The predicted octanol–water partition coefficient (Wildman–Crippen LogP) is 1.87. The van der Waals surface area contributed by atoms with Crippen molar-refractivity contribution in [3.63, 3.8) is 0 Å². The molecule has 0 saturated heterocycles. The van der Waals surface area contributed by atoms with Crippen LogP contribution in [0.5, 0.6) is 0 Å². The van der Waals surface area contributed by atoms with Gasteiger partial charge in [-0.1, -0.05) is 19.1 Å². The molecule has 1 unspecified atom stereocenters. The molecule has 0 aromatic heterocycles. The lowest BCUT2D eigenvalue weighted by molar-refractivity contribution is -0.417. The first-order valence-electron chi connectivity index (χ1n) is 4.06. The third kappa shape index (κ3) is 0.953. The molecule has 0 radical (unpaired) electrons. The van der Waals surface area contributed by atoms with Gasteiger partial charge in [0.25, 0.3) is 7.11 Å². The highest BCUT2D eigenvalue weighted by Crippen LogP contribution is 2.55. The Kier molecular flexibility index (Phi) is 1.28. The van der Waals surface area contributed by atoms with Crippen LogP contribution in [0.4, 0.5) is 0 Å². The van der Waals surface area contributed by atoms with Gasteiger partial charge in [-0.05, 0) is 12.3 Å². The van der Waals surface area contributed by atoms with Crippen molar-refractivity contribution in [1.29, 1.82) is 0 Å². The van der Waals surface area contributed by atoms with Gasteiger partial charge in [-0.15, -0.1) is 0 Å². The van der Waals surface area contributed by atoms with Crippen molar-refractivity contribution in [2.75, 3.05) is 7.11 Å². The summed E-state index contributed by atoms with van der Waals surface area (Å²) in [5, 5.41) is 0. The van der Waals surface area contributed by atoms with Gasteiger partial charge < -0.3 is 0 Å². The van der Waals surface area contributed by atoms with E-state index in [9.17, 15) is 0 Å². The third-order valence-corrected chi connectivity index (χ3v) is 2.77. The Morgan fingerprint density at radius 1 is 1.45 bits per heavy atom. The molecule has 0 amide bonds. The minimum Gasteiger partial charge on any atom is -0.258 e. The number of hydrogen-bond donors (Lipinski definition) is 0. The van der Waals surface area contributed by atoms with Gasteiger partial charge in [-0.25, -0.2) is 0 Å². The van der Waals surface area contributed by atoms with Gasteiger partial charge in [-0.3, -0.25) is 4.42 Å². The second-order valence-electron chi connectivity index (χ2n) is 3.49.